The van der Waals surface area contributed by atoms with Crippen molar-refractivity contribution in [1.82, 2.24) is 4.57 Å². The molecule has 3 aromatic heterocycles. The summed E-state index contributed by atoms with van der Waals surface area (Å²) in [5.74, 6) is 1.11. The van der Waals surface area contributed by atoms with E-state index >= 15 is 0 Å². The van der Waals surface area contributed by atoms with E-state index in [1.807, 2.05) is 0 Å². The minimum Gasteiger partial charge on any atom is -0.455 e. The molecule has 5 heterocycles. The van der Waals surface area contributed by atoms with Crippen molar-refractivity contribution in [2.75, 3.05) is 0 Å². The van der Waals surface area contributed by atoms with Crippen LogP contribution in [-0.4, -0.2) is 12.6 Å². The molecule has 0 N–H and O–H groups in total. The Balaban J connectivity index is 1.30. The number of hydrogen-bond acceptors (Lipinski definition) is 1. The Kier molecular flexibility index (Phi) is 7.45. The second-order valence-corrected chi connectivity index (χ2v) is 24.1. The first-order valence-corrected chi connectivity index (χ1v) is 25.0. The molecule has 1 spiro atoms. The van der Waals surface area contributed by atoms with Crippen LogP contribution in [0.3, 0.4) is 0 Å². The lowest BCUT2D eigenvalue weighted by molar-refractivity contribution is -0.944. The van der Waals surface area contributed by atoms with Crippen molar-refractivity contribution in [3.63, 3.8) is 0 Å². The highest BCUT2D eigenvalue weighted by molar-refractivity contribution is 6.88. The van der Waals surface area contributed by atoms with Gasteiger partial charge < -0.3 is 4.42 Å². The van der Waals surface area contributed by atoms with Gasteiger partial charge in [0.15, 0.2) is 22.8 Å². The second-order valence-electron chi connectivity index (χ2n) is 19.0. The smallest absolute Gasteiger partial charge is 0.364 e. The zero-order valence-electron chi connectivity index (χ0n) is 35.5. The van der Waals surface area contributed by atoms with E-state index in [2.05, 4.69) is 230 Å². The normalized spacial score (nSPS) is 15.4. The molecular weight excluding hydrogens is 759 g/mol. The number of fused-ring (bicyclic) bond motifs is 16. The highest BCUT2D eigenvalue weighted by Crippen LogP contribution is 2.53. The van der Waals surface area contributed by atoms with Crippen molar-refractivity contribution in [2.24, 2.45) is 0 Å². The van der Waals surface area contributed by atoms with Gasteiger partial charge in [-0.2, -0.15) is 4.57 Å². The zero-order chi connectivity index (χ0) is 41.4. The van der Waals surface area contributed by atoms with Gasteiger partial charge in [-0.05, 0) is 82.3 Å². The fraction of sp³-hybridized carbons (Fsp3) is 0.143. The number of para-hydroxylation sites is 3. The molecule has 0 fully saturated rings. The maximum Gasteiger partial charge on any atom is 0.364 e. The lowest BCUT2D eigenvalue weighted by Crippen LogP contribution is -2.72. The van der Waals surface area contributed by atoms with Gasteiger partial charge in [0.05, 0.1) is 24.8 Å². The number of furan rings is 1. The summed E-state index contributed by atoms with van der Waals surface area (Å²) in [6.07, 6.45) is 2.50. The summed E-state index contributed by atoms with van der Waals surface area (Å²) in [6.45, 7) is 14.4. The average Bonchev–Trinajstić information content (AvgIpc) is 3.99. The van der Waals surface area contributed by atoms with E-state index in [4.69, 9.17) is 4.42 Å². The molecule has 2 aliphatic rings. The summed E-state index contributed by atoms with van der Waals surface area (Å²) in [4.78, 5) is 0. The molecule has 61 heavy (non-hydrogen) atoms. The number of hydrogen-bond donors (Lipinski definition) is 0. The molecular formula is C56H47N3OSi+2. The number of pyridine rings is 1. The Morgan fingerprint density at radius 1 is 0.590 bits per heavy atom. The van der Waals surface area contributed by atoms with Crippen LogP contribution in [0, 0.1) is 0 Å². The van der Waals surface area contributed by atoms with Crippen LogP contribution in [0.4, 0.5) is 0 Å². The van der Waals surface area contributed by atoms with E-state index < -0.39 is 13.7 Å². The quantitative estimate of drug-likeness (QED) is 0.128. The van der Waals surface area contributed by atoms with Crippen molar-refractivity contribution in [1.29, 1.82) is 0 Å². The third-order valence-electron chi connectivity index (χ3n) is 13.4. The van der Waals surface area contributed by atoms with Gasteiger partial charge in [-0.25, -0.2) is 0 Å². The monoisotopic (exact) mass is 805 g/mol. The summed E-state index contributed by atoms with van der Waals surface area (Å²) in [7, 11) is -1.77. The third kappa shape index (κ3) is 4.98. The third-order valence-corrected chi connectivity index (χ3v) is 15.4. The SMILES string of the molecule is CC(C)(C)c1ccc2c(c1)C1(c3ccc4c(oc5ccccc54)c3-c3n(-c4ccc(-c5ccccc5)cc4-c4ccccc4)c4ccccc4[n+]31)[n+]1cc([Si](C)(C)C)ccc1-2. The van der Waals surface area contributed by atoms with Gasteiger partial charge in [-0.3, -0.25) is 0 Å². The standard InChI is InChI=1S/C56H47N3OSi/c1-55(2,3)39-26-28-43-46(34-39)56(57-35-40(61(4,5)6)27-32-47(43)57)45-30-29-42-41-21-13-16-24-51(41)60-53(42)52(45)54-58(49-22-14-15-23-50(49)59(54)56)48-31-25-38(36-17-9-7-10-18-36)33-44(48)37-19-11-8-12-20-37/h7-35H,1-6H3/q+2. The first kappa shape index (κ1) is 36.1. The molecule has 0 saturated heterocycles. The van der Waals surface area contributed by atoms with Crippen LogP contribution in [0.5, 0.6) is 0 Å². The fourth-order valence-corrected chi connectivity index (χ4v) is 11.5. The molecule has 10 aromatic rings. The van der Waals surface area contributed by atoms with E-state index in [1.165, 1.54) is 55.4 Å². The van der Waals surface area contributed by atoms with Crippen molar-refractivity contribution in [3.8, 4) is 50.6 Å². The number of aromatic nitrogens is 3. The van der Waals surface area contributed by atoms with Crippen LogP contribution >= 0.6 is 0 Å². The maximum absolute atomic E-state index is 7.14. The molecule has 2 aliphatic heterocycles. The molecule has 294 valence electrons. The predicted octanol–water partition coefficient (Wildman–Crippen LogP) is 12.5. The summed E-state index contributed by atoms with van der Waals surface area (Å²) >= 11 is 0. The first-order valence-electron chi connectivity index (χ1n) is 21.5. The summed E-state index contributed by atoms with van der Waals surface area (Å²) < 4.78 is 15.0. The molecule has 4 nitrogen and oxygen atoms in total. The van der Waals surface area contributed by atoms with Crippen LogP contribution in [-0.2, 0) is 11.1 Å². The van der Waals surface area contributed by atoms with Gasteiger partial charge >= 0.3 is 11.5 Å². The minimum atomic E-state index is -1.77. The first-order chi connectivity index (χ1) is 29.5. The Morgan fingerprint density at radius 3 is 2.08 bits per heavy atom. The van der Waals surface area contributed by atoms with Gasteiger partial charge in [0.2, 0.25) is 5.69 Å². The molecule has 7 aromatic carbocycles. The molecule has 0 aliphatic carbocycles. The zero-order valence-corrected chi connectivity index (χ0v) is 36.5. The van der Waals surface area contributed by atoms with Crippen molar-refractivity contribution in [2.45, 2.75) is 51.5 Å². The van der Waals surface area contributed by atoms with Crippen molar-refractivity contribution < 1.29 is 13.6 Å². The lowest BCUT2D eigenvalue weighted by Gasteiger charge is -2.24. The van der Waals surface area contributed by atoms with E-state index in [-0.39, 0.29) is 5.41 Å². The van der Waals surface area contributed by atoms with E-state index in [1.54, 1.807) is 0 Å². The van der Waals surface area contributed by atoms with Crippen LogP contribution in [0.2, 0.25) is 19.6 Å². The van der Waals surface area contributed by atoms with Crippen LogP contribution in [0.1, 0.15) is 37.5 Å². The van der Waals surface area contributed by atoms with Gasteiger partial charge in [0.1, 0.15) is 16.8 Å². The van der Waals surface area contributed by atoms with E-state index in [9.17, 15) is 0 Å². The molecule has 0 radical (unpaired) electrons. The largest absolute Gasteiger partial charge is 0.455 e. The summed E-state index contributed by atoms with van der Waals surface area (Å²) in [5.41, 5.74) is 16.6. The summed E-state index contributed by atoms with van der Waals surface area (Å²) in [5, 5.41) is 3.68. The topological polar surface area (TPSA) is 25.8 Å². The molecule has 5 heteroatoms. The molecule has 0 bridgehead atoms. The van der Waals surface area contributed by atoms with E-state index in [0.717, 1.165) is 50.0 Å². The predicted molar refractivity (Wildman–Crippen MR) is 252 cm³/mol. The van der Waals surface area contributed by atoms with Crippen molar-refractivity contribution >= 4 is 46.2 Å². The highest BCUT2D eigenvalue weighted by atomic mass is 28.3. The fourth-order valence-electron chi connectivity index (χ4n) is 10.4. The lowest BCUT2D eigenvalue weighted by atomic mass is 9.82. The van der Waals surface area contributed by atoms with Crippen molar-refractivity contribution in [3.05, 3.63) is 193 Å². The Morgan fingerprint density at radius 2 is 1.31 bits per heavy atom. The van der Waals surface area contributed by atoms with Crippen LogP contribution in [0.15, 0.2) is 180 Å². The number of benzene rings is 7. The Labute approximate surface area is 357 Å². The molecule has 0 amide bonds. The van der Waals surface area contributed by atoms with E-state index in [0.29, 0.717) is 0 Å². The average molecular weight is 806 g/mol. The molecule has 1 unspecified atom stereocenters. The Hall–Kier alpha value is -6.82. The van der Waals surface area contributed by atoms with Gasteiger partial charge in [0, 0.05) is 27.6 Å². The summed E-state index contributed by atoms with van der Waals surface area (Å²) in [6, 6.07) is 62.9. The highest BCUT2D eigenvalue weighted by Gasteiger charge is 2.67. The van der Waals surface area contributed by atoms with Gasteiger partial charge in [0.25, 0.3) is 0 Å². The Bertz CT molecular complexity index is 3370. The molecule has 0 saturated carbocycles. The van der Waals surface area contributed by atoms with Gasteiger partial charge in [-0.1, -0.05) is 150 Å². The molecule has 12 rings (SSSR count). The maximum atomic E-state index is 7.14. The van der Waals surface area contributed by atoms with Gasteiger partial charge in [-0.15, -0.1) is 9.13 Å². The number of nitrogens with zero attached hydrogens (tertiary/aromatic N) is 3. The van der Waals surface area contributed by atoms with Crippen LogP contribution in [0.25, 0.3) is 83.6 Å². The second kappa shape index (κ2) is 12.6. The minimum absolute atomic E-state index is 0.0597. The van der Waals surface area contributed by atoms with Crippen LogP contribution < -0.4 is 14.3 Å². The number of rotatable bonds is 4. The number of imidazole rings is 1. The molecule has 1 atom stereocenters.